The lowest BCUT2D eigenvalue weighted by atomic mass is 10.1. The van der Waals surface area contributed by atoms with E-state index in [0.717, 1.165) is 17.9 Å². The van der Waals surface area contributed by atoms with Crippen LogP contribution in [-0.4, -0.2) is 23.2 Å². The van der Waals surface area contributed by atoms with Crippen LogP contribution in [0.25, 0.3) is 0 Å². The third-order valence-electron chi connectivity index (χ3n) is 2.80. The predicted octanol–water partition coefficient (Wildman–Crippen LogP) is 1.71. The van der Waals surface area contributed by atoms with Gasteiger partial charge in [0.15, 0.2) is 11.7 Å². The quantitative estimate of drug-likeness (QED) is 0.773. The Morgan fingerprint density at radius 2 is 1.81 bits per heavy atom. The van der Waals surface area contributed by atoms with E-state index < -0.39 is 0 Å². The van der Waals surface area contributed by atoms with Gasteiger partial charge in [-0.3, -0.25) is 15.8 Å². The minimum atomic E-state index is 0.605. The van der Waals surface area contributed by atoms with Gasteiger partial charge in [0.1, 0.15) is 5.69 Å². The summed E-state index contributed by atoms with van der Waals surface area (Å²) >= 11 is 0. The number of pyridine rings is 1. The Morgan fingerprint density at radius 1 is 1.05 bits per heavy atom. The average molecular weight is 284 g/mol. The first kappa shape index (κ1) is 14.8. The number of rotatable bonds is 2. The maximum absolute atomic E-state index is 4.27. The van der Waals surface area contributed by atoms with Gasteiger partial charge in [-0.1, -0.05) is 31.6 Å². The summed E-state index contributed by atoms with van der Waals surface area (Å²) in [4.78, 5) is 4.21. The Kier molecular flexibility index (Phi) is 5.09. The van der Waals surface area contributed by atoms with Crippen molar-refractivity contribution in [2.45, 2.75) is 20.8 Å². The molecule has 3 heterocycles. The Bertz CT molecular complexity index is 598. The molecule has 3 N–H and O–H groups in total. The van der Waals surface area contributed by atoms with Gasteiger partial charge in [0.05, 0.1) is 5.70 Å². The first-order chi connectivity index (χ1) is 10.3. The van der Waals surface area contributed by atoms with Crippen molar-refractivity contribution in [3.8, 4) is 0 Å². The zero-order chi connectivity index (χ0) is 15.1. The third kappa shape index (κ3) is 3.68. The maximum atomic E-state index is 4.27. The summed E-state index contributed by atoms with van der Waals surface area (Å²) in [5.41, 5.74) is 8.73. The molecule has 110 valence electrons. The van der Waals surface area contributed by atoms with Gasteiger partial charge in [-0.25, -0.2) is 0 Å². The fourth-order valence-corrected chi connectivity index (χ4v) is 1.82. The second-order valence-corrected chi connectivity index (χ2v) is 4.25. The van der Waals surface area contributed by atoms with Gasteiger partial charge in [0.25, 0.3) is 0 Å². The predicted molar refractivity (Wildman–Crippen MR) is 85.7 cm³/mol. The van der Waals surface area contributed by atoms with E-state index in [1.807, 2.05) is 38.1 Å². The standard InChI is InChI=1S/C13H14N6.C2H6/c1-9-5-7-15-11(8-9)13-18-16-12(17-19-13)10-4-2-3-6-14-10;1-2/h2-6,8,15H,7H2,1H3,(H,16,17)(H,18,19);1-2H3. The molecule has 0 atom stereocenters. The summed E-state index contributed by atoms with van der Waals surface area (Å²) < 4.78 is 0. The highest BCUT2D eigenvalue weighted by atomic mass is 15.5. The van der Waals surface area contributed by atoms with Crippen LogP contribution in [0.5, 0.6) is 0 Å². The summed E-state index contributed by atoms with van der Waals surface area (Å²) in [5, 5.41) is 11.8. The van der Waals surface area contributed by atoms with Crippen LogP contribution in [0.15, 0.2) is 58.0 Å². The number of allylic oxidation sites excluding steroid dienone is 2. The van der Waals surface area contributed by atoms with Crippen LogP contribution in [-0.2, 0) is 0 Å². The highest BCUT2D eigenvalue weighted by Gasteiger charge is 2.15. The van der Waals surface area contributed by atoms with Crippen molar-refractivity contribution in [1.29, 1.82) is 0 Å². The Morgan fingerprint density at radius 3 is 2.43 bits per heavy atom. The molecule has 0 saturated heterocycles. The molecule has 1 aromatic heterocycles. The number of amidine groups is 2. The molecule has 0 saturated carbocycles. The highest BCUT2D eigenvalue weighted by molar-refractivity contribution is 6.04. The number of nitrogens with one attached hydrogen (secondary N) is 3. The number of nitrogens with zero attached hydrogens (tertiary/aromatic N) is 3. The molecule has 2 aliphatic heterocycles. The van der Waals surface area contributed by atoms with E-state index in [9.17, 15) is 0 Å². The summed E-state index contributed by atoms with van der Waals surface area (Å²) in [7, 11) is 0. The fraction of sp³-hybridized carbons (Fsp3) is 0.267. The lowest BCUT2D eigenvalue weighted by Crippen LogP contribution is -2.39. The lowest BCUT2D eigenvalue weighted by Gasteiger charge is -2.19. The van der Waals surface area contributed by atoms with Crippen LogP contribution in [0, 0.1) is 0 Å². The smallest absolute Gasteiger partial charge is 0.192 e. The molecule has 0 spiro atoms. The lowest BCUT2D eigenvalue weighted by molar-refractivity contribution is 0.837. The summed E-state index contributed by atoms with van der Waals surface area (Å²) in [6.45, 7) is 6.86. The SMILES string of the molecule is CC.CC1=CCNC(C2=NNC(c3ccccn3)=NN2)=C1. The number of hydrazone groups is 2. The average Bonchev–Trinajstić information content (AvgIpc) is 2.58. The Hall–Kier alpha value is -2.63. The van der Waals surface area contributed by atoms with Gasteiger partial charge >= 0.3 is 0 Å². The van der Waals surface area contributed by atoms with E-state index in [1.165, 1.54) is 5.57 Å². The second-order valence-electron chi connectivity index (χ2n) is 4.25. The van der Waals surface area contributed by atoms with Crippen LogP contribution < -0.4 is 16.2 Å². The van der Waals surface area contributed by atoms with Crippen molar-refractivity contribution >= 4 is 11.7 Å². The molecular formula is C15H20N6. The van der Waals surface area contributed by atoms with Crippen LogP contribution in [0.1, 0.15) is 26.5 Å². The number of hydrogen-bond donors (Lipinski definition) is 3. The second kappa shape index (κ2) is 7.23. The van der Waals surface area contributed by atoms with Gasteiger partial charge in [0.2, 0.25) is 0 Å². The topological polar surface area (TPSA) is 73.7 Å². The number of hydrogen-bond acceptors (Lipinski definition) is 6. The molecule has 0 fully saturated rings. The number of aromatic nitrogens is 1. The summed E-state index contributed by atoms with van der Waals surface area (Å²) in [6, 6.07) is 5.64. The minimum Gasteiger partial charge on any atom is -0.378 e. The molecule has 0 unspecified atom stereocenters. The molecule has 1 aromatic rings. The fourth-order valence-electron chi connectivity index (χ4n) is 1.82. The molecular weight excluding hydrogens is 264 g/mol. The molecule has 0 aromatic carbocycles. The van der Waals surface area contributed by atoms with E-state index in [4.69, 9.17) is 0 Å². The Labute approximate surface area is 124 Å². The molecule has 2 aliphatic rings. The molecule has 0 bridgehead atoms. The van der Waals surface area contributed by atoms with Gasteiger partial charge in [0, 0.05) is 12.7 Å². The van der Waals surface area contributed by atoms with Crippen molar-refractivity contribution in [2.24, 2.45) is 10.2 Å². The molecule has 0 radical (unpaired) electrons. The zero-order valence-corrected chi connectivity index (χ0v) is 12.5. The van der Waals surface area contributed by atoms with Gasteiger partial charge in [-0.15, -0.1) is 0 Å². The molecule has 3 rings (SSSR count). The van der Waals surface area contributed by atoms with Crippen LogP contribution in [0.3, 0.4) is 0 Å². The molecule has 6 heteroatoms. The van der Waals surface area contributed by atoms with Crippen LogP contribution in [0.4, 0.5) is 0 Å². The van der Waals surface area contributed by atoms with Gasteiger partial charge in [-0.2, -0.15) is 10.2 Å². The van der Waals surface area contributed by atoms with Gasteiger partial charge in [-0.05, 0) is 25.1 Å². The van der Waals surface area contributed by atoms with E-state index in [-0.39, 0.29) is 0 Å². The summed E-state index contributed by atoms with van der Waals surface area (Å²) in [5.74, 6) is 1.28. The minimum absolute atomic E-state index is 0.605. The number of dihydropyridines is 1. The monoisotopic (exact) mass is 284 g/mol. The van der Waals surface area contributed by atoms with Crippen molar-refractivity contribution in [3.05, 3.63) is 53.5 Å². The Balaban J connectivity index is 0.000000774. The third-order valence-corrected chi connectivity index (χ3v) is 2.80. The van der Waals surface area contributed by atoms with E-state index >= 15 is 0 Å². The largest absolute Gasteiger partial charge is 0.378 e. The van der Waals surface area contributed by atoms with E-state index in [2.05, 4.69) is 44.4 Å². The first-order valence-corrected chi connectivity index (χ1v) is 7.04. The zero-order valence-electron chi connectivity index (χ0n) is 12.5. The highest BCUT2D eigenvalue weighted by Crippen LogP contribution is 2.07. The van der Waals surface area contributed by atoms with Crippen molar-refractivity contribution < 1.29 is 0 Å². The molecule has 21 heavy (non-hydrogen) atoms. The normalized spacial score (nSPS) is 16.5. The molecule has 0 amide bonds. The molecule has 0 aliphatic carbocycles. The van der Waals surface area contributed by atoms with Crippen molar-refractivity contribution in [1.82, 2.24) is 21.2 Å². The van der Waals surface area contributed by atoms with Gasteiger partial charge < -0.3 is 5.32 Å². The van der Waals surface area contributed by atoms with E-state index in [0.29, 0.717) is 11.7 Å². The maximum Gasteiger partial charge on any atom is 0.192 e. The van der Waals surface area contributed by atoms with Crippen LogP contribution in [0.2, 0.25) is 0 Å². The first-order valence-electron chi connectivity index (χ1n) is 7.04. The van der Waals surface area contributed by atoms with Crippen LogP contribution >= 0.6 is 0 Å². The summed E-state index contributed by atoms with van der Waals surface area (Å²) in [6.07, 6.45) is 5.86. The molecule has 6 nitrogen and oxygen atoms in total. The van der Waals surface area contributed by atoms with Crippen molar-refractivity contribution in [2.75, 3.05) is 6.54 Å². The van der Waals surface area contributed by atoms with E-state index in [1.54, 1.807) is 6.20 Å². The van der Waals surface area contributed by atoms with Crippen molar-refractivity contribution in [3.63, 3.8) is 0 Å².